The number of aromatic hydroxyl groups is 1. The highest BCUT2D eigenvalue weighted by molar-refractivity contribution is 5.44. The number of aryl methyl sites for hydroxylation is 1. The van der Waals surface area contributed by atoms with Crippen molar-refractivity contribution in [3.63, 3.8) is 0 Å². The van der Waals surface area contributed by atoms with Gasteiger partial charge in [0.15, 0.2) is 0 Å². The van der Waals surface area contributed by atoms with E-state index >= 15 is 0 Å². The SMILES string of the molecule is Cc1cc(O)c2c(c1)CN(C)C2. The third kappa shape index (κ3) is 1.08. The minimum atomic E-state index is 0.453. The molecule has 1 aliphatic rings. The fraction of sp³-hybridized carbons (Fsp3) is 0.400. The first-order chi connectivity index (χ1) is 5.66. The van der Waals surface area contributed by atoms with Crippen molar-refractivity contribution in [2.75, 3.05) is 7.05 Å². The van der Waals surface area contributed by atoms with Crippen LogP contribution in [0.3, 0.4) is 0 Å². The zero-order chi connectivity index (χ0) is 8.72. The maximum atomic E-state index is 9.60. The van der Waals surface area contributed by atoms with Crippen LogP contribution in [0.4, 0.5) is 0 Å². The molecule has 0 unspecified atom stereocenters. The molecule has 1 heterocycles. The molecule has 2 rings (SSSR count). The van der Waals surface area contributed by atoms with Crippen LogP contribution in [0.2, 0.25) is 0 Å². The normalized spacial score (nSPS) is 16.5. The van der Waals surface area contributed by atoms with Gasteiger partial charge in [0.25, 0.3) is 0 Å². The van der Waals surface area contributed by atoms with Gasteiger partial charge in [0, 0.05) is 18.7 Å². The summed E-state index contributed by atoms with van der Waals surface area (Å²) in [5.41, 5.74) is 3.51. The average molecular weight is 163 g/mol. The smallest absolute Gasteiger partial charge is 0.120 e. The molecular weight excluding hydrogens is 150 g/mol. The van der Waals surface area contributed by atoms with Crippen molar-refractivity contribution < 1.29 is 5.11 Å². The van der Waals surface area contributed by atoms with E-state index in [0.29, 0.717) is 5.75 Å². The van der Waals surface area contributed by atoms with E-state index in [2.05, 4.69) is 18.0 Å². The maximum absolute atomic E-state index is 9.60. The van der Waals surface area contributed by atoms with E-state index in [1.165, 1.54) is 5.56 Å². The minimum absolute atomic E-state index is 0.453. The molecule has 0 radical (unpaired) electrons. The molecular formula is C10H13NO. The van der Waals surface area contributed by atoms with Crippen LogP contribution in [0.5, 0.6) is 5.75 Å². The Kier molecular flexibility index (Phi) is 1.58. The first-order valence-corrected chi connectivity index (χ1v) is 4.17. The molecule has 0 fully saturated rings. The summed E-state index contributed by atoms with van der Waals surface area (Å²) in [6.45, 7) is 3.85. The molecule has 2 nitrogen and oxygen atoms in total. The van der Waals surface area contributed by atoms with E-state index in [4.69, 9.17) is 0 Å². The van der Waals surface area contributed by atoms with Gasteiger partial charge >= 0.3 is 0 Å². The maximum Gasteiger partial charge on any atom is 0.120 e. The second-order valence-corrected chi connectivity index (χ2v) is 3.59. The van der Waals surface area contributed by atoms with Crippen molar-refractivity contribution in [3.8, 4) is 5.75 Å². The Morgan fingerprint density at radius 3 is 2.83 bits per heavy atom. The number of nitrogens with zero attached hydrogens (tertiary/aromatic N) is 1. The van der Waals surface area contributed by atoms with Gasteiger partial charge in [-0.25, -0.2) is 0 Å². The van der Waals surface area contributed by atoms with E-state index in [9.17, 15) is 5.11 Å². The lowest BCUT2D eigenvalue weighted by Crippen LogP contribution is -2.07. The Morgan fingerprint density at radius 2 is 2.08 bits per heavy atom. The van der Waals surface area contributed by atoms with E-state index in [1.54, 1.807) is 0 Å². The van der Waals surface area contributed by atoms with Crippen LogP contribution in [-0.2, 0) is 13.1 Å². The first kappa shape index (κ1) is 7.62. The van der Waals surface area contributed by atoms with Crippen molar-refractivity contribution in [1.82, 2.24) is 4.90 Å². The van der Waals surface area contributed by atoms with E-state index in [0.717, 1.165) is 24.2 Å². The van der Waals surface area contributed by atoms with Gasteiger partial charge in [-0.3, -0.25) is 4.90 Å². The topological polar surface area (TPSA) is 23.5 Å². The second kappa shape index (κ2) is 2.49. The third-order valence-corrected chi connectivity index (χ3v) is 2.33. The van der Waals surface area contributed by atoms with Crippen molar-refractivity contribution in [2.45, 2.75) is 20.0 Å². The molecule has 12 heavy (non-hydrogen) atoms. The Labute approximate surface area is 72.4 Å². The van der Waals surface area contributed by atoms with Crippen molar-refractivity contribution in [1.29, 1.82) is 0 Å². The molecule has 0 amide bonds. The Hall–Kier alpha value is -1.02. The lowest BCUT2D eigenvalue weighted by atomic mass is 10.1. The summed E-state index contributed by atoms with van der Waals surface area (Å²) in [5.74, 6) is 0.453. The molecule has 1 N–H and O–H groups in total. The zero-order valence-corrected chi connectivity index (χ0v) is 7.46. The summed E-state index contributed by atoms with van der Waals surface area (Å²) in [6, 6.07) is 3.98. The third-order valence-electron chi connectivity index (χ3n) is 2.33. The van der Waals surface area contributed by atoms with Gasteiger partial charge in [-0.1, -0.05) is 6.07 Å². The number of fused-ring (bicyclic) bond motifs is 1. The number of rotatable bonds is 0. The summed E-state index contributed by atoms with van der Waals surface area (Å²) in [5, 5.41) is 9.60. The fourth-order valence-electron chi connectivity index (χ4n) is 1.81. The summed E-state index contributed by atoms with van der Waals surface area (Å²) in [7, 11) is 2.06. The number of phenols is 1. The van der Waals surface area contributed by atoms with Gasteiger partial charge in [-0.2, -0.15) is 0 Å². The molecule has 0 aromatic heterocycles. The summed E-state index contributed by atoms with van der Waals surface area (Å²) in [4.78, 5) is 2.20. The summed E-state index contributed by atoms with van der Waals surface area (Å²) in [6.07, 6.45) is 0. The van der Waals surface area contributed by atoms with Crippen LogP contribution in [0, 0.1) is 6.92 Å². The molecule has 2 heteroatoms. The number of hydrogen-bond donors (Lipinski definition) is 1. The molecule has 0 bridgehead atoms. The standard InChI is InChI=1S/C10H13NO/c1-7-3-8-5-11(2)6-9(8)10(12)4-7/h3-4,12H,5-6H2,1-2H3. The first-order valence-electron chi connectivity index (χ1n) is 4.17. The van der Waals surface area contributed by atoms with E-state index in [1.807, 2.05) is 13.0 Å². The summed E-state index contributed by atoms with van der Waals surface area (Å²) >= 11 is 0. The van der Waals surface area contributed by atoms with Crippen LogP contribution in [0.25, 0.3) is 0 Å². The molecule has 1 aromatic carbocycles. The van der Waals surface area contributed by atoms with Crippen LogP contribution in [-0.4, -0.2) is 17.1 Å². The number of hydrogen-bond acceptors (Lipinski definition) is 2. The average Bonchev–Trinajstić information content (AvgIpc) is 2.29. The highest BCUT2D eigenvalue weighted by atomic mass is 16.3. The minimum Gasteiger partial charge on any atom is -0.508 e. The predicted molar refractivity (Wildman–Crippen MR) is 48.0 cm³/mol. The van der Waals surface area contributed by atoms with E-state index < -0.39 is 0 Å². The lowest BCUT2D eigenvalue weighted by Gasteiger charge is -2.03. The zero-order valence-electron chi connectivity index (χ0n) is 7.46. The van der Waals surface area contributed by atoms with Crippen LogP contribution in [0.15, 0.2) is 12.1 Å². The monoisotopic (exact) mass is 163 g/mol. The van der Waals surface area contributed by atoms with Crippen LogP contribution in [0.1, 0.15) is 16.7 Å². The fourth-order valence-corrected chi connectivity index (χ4v) is 1.81. The molecule has 0 saturated carbocycles. The second-order valence-electron chi connectivity index (χ2n) is 3.59. The highest BCUT2D eigenvalue weighted by Gasteiger charge is 2.18. The van der Waals surface area contributed by atoms with Gasteiger partial charge in [0.2, 0.25) is 0 Å². The molecule has 0 atom stereocenters. The Morgan fingerprint density at radius 1 is 1.33 bits per heavy atom. The van der Waals surface area contributed by atoms with Gasteiger partial charge in [-0.15, -0.1) is 0 Å². The molecule has 64 valence electrons. The quantitative estimate of drug-likeness (QED) is 0.628. The largest absolute Gasteiger partial charge is 0.508 e. The van der Waals surface area contributed by atoms with Gasteiger partial charge in [-0.05, 0) is 31.2 Å². The molecule has 1 aliphatic heterocycles. The highest BCUT2D eigenvalue weighted by Crippen LogP contribution is 2.30. The van der Waals surface area contributed by atoms with Crippen molar-refractivity contribution in [2.24, 2.45) is 0 Å². The van der Waals surface area contributed by atoms with Gasteiger partial charge in [0.1, 0.15) is 5.75 Å². The number of benzene rings is 1. The molecule has 0 saturated heterocycles. The van der Waals surface area contributed by atoms with E-state index in [-0.39, 0.29) is 0 Å². The molecule has 0 spiro atoms. The van der Waals surface area contributed by atoms with Gasteiger partial charge in [0.05, 0.1) is 0 Å². The van der Waals surface area contributed by atoms with Crippen molar-refractivity contribution >= 4 is 0 Å². The molecule has 0 aliphatic carbocycles. The number of phenolic OH excluding ortho intramolecular Hbond substituents is 1. The predicted octanol–water partition coefficient (Wildman–Crippen LogP) is 1.65. The van der Waals surface area contributed by atoms with Crippen molar-refractivity contribution in [3.05, 3.63) is 28.8 Å². The Bertz CT molecular complexity index is 320. The van der Waals surface area contributed by atoms with Crippen LogP contribution >= 0.6 is 0 Å². The van der Waals surface area contributed by atoms with Crippen LogP contribution < -0.4 is 0 Å². The van der Waals surface area contributed by atoms with Gasteiger partial charge < -0.3 is 5.11 Å². The lowest BCUT2D eigenvalue weighted by molar-refractivity contribution is 0.349. The summed E-state index contributed by atoms with van der Waals surface area (Å²) < 4.78 is 0. The Balaban J connectivity index is 2.52. The molecule has 1 aromatic rings.